The van der Waals surface area contributed by atoms with Crippen LogP contribution in [0.4, 0.5) is 0 Å². The zero-order valence-corrected chi connectivity index (χ0v) is 23.3. The van der Waals surface area contributed by atoms with Crippen molar-refractivity contribution >= 4 is 0 Å². The molecule has 1 heterocycles. The normalized spacial score (nSPS) is 15.8. The molecule has 2 heteroatoms. The van der Waals surface area contributed by atoms with Crippen LogP contribution >= 0.6 is 0 Å². The summed E-state index contributed by atoms with van der Waals surface area (Å²) in [6.07, 6.45) is 39.7. The van der Waals surface area contributed by atoms with E-state index in [1.165, 1.54) is 161 Å². The molecule has 0 bridgehead atoms. The summed E-state index contributed by atoms with van der Waals surface area (Å²) in [5, 5.41) is 0. The van der Waals surface area contributed by atoms with Gasteiger partial charge in [0.05, 0.1) is 0 Å². The van der Waals surface area contributed by atoms with Crippen LogP contribution in [0.15, 0.2) is 12.4 Å². The lowest BCUT2D eigenvalue weighted by Gasteiger charge is -2.30. The van der Waals surface area contributed by atoms with Crippen molar-refractivity contribution in [3.05, 3.63) is 12.4 Å². The fourth-order valence-electron chi connectivity index (χ4n) is 5.34. The lowest BCUT2D eigenvalue weighted by molar-refractivity contribution is 0.159. The fourth-order valence-corrected chi connectivity index (χ4v) is 5.34. The van der Waals surface area contributed by atoms with Gasteiger partial charge in [-0.25, -0.2) is 0 Å². The quantitative estimate of drug-likeness (QED) is 0.124. The van der Waals surface area contributed by atoms with Crippen LogP contribution in [0.1, 0.15) is 168 Å². The van der Waals surface area contributed by atoms with Crippen molar-refractivity contribution in [1.82, 2.24) is 9.80 Å². The highest BCUT2D eigenvalue weighted by Crippen LogP contribution is 2.21. The topological polar surface area (TPSA) is 6.48 Å². The average molecular weight is 463 g/mol. The summed E-state index contributed by atoms with van der Waals surface area (Å²) in [7, 11) is 2.26. The highest BCUT2D eigenvalue weighted by atomic mass is 15.4. The maximum absolute atomic E-state index is 2.60. The SMILES string of the molecule is CCCCCCCCCCCCCCCCCCCC1N(C)C=CN1CCCCCCCC. The van der Waals surface area contributed by atoms with Crippen molar-refractivity contribution in [2.45, 2.75) is 174 Å². The Labute approximate surface area is 210 Å². The Balaban J connectivity index is 1.85. The Morgan fingerprint density at radius 1 is 0.455 bits per heavy atom. The summed E-state index contributed by atoms with van der Waals surface area (Å²) in [4.78, 5) is 5.04. The van der Waals surface area contributed by atoms with Crippen molar-refractivity contribution in [2.24, 2.45) is 0 Å². The van der Waals surface area contributed by atoms with E-state index in [0.717, 1.165) is 0 Å². The van der Waals surface area contributed by atoms with E-state index in [0.29, 0.717) is 6.17 Å². The van der Waals surface area contributed by atoms with E-state index in [1.807, 2.05) is 0 Å². The summed E-state index contributed by atoms with van der Waals surface area (Å²) < 4.78 is 0. The molecular formula is C31H62N2. The van der Waals surface area contributed by atoms with Crippen LogP contribution in [0, 0.1) is 0 Å². The predicted octanol–water partition coefficient (Wildman–Crippen LogP) is 10.4. The molecule has 0 saturated carbocycles. The van der Waals surface area contributed by atoms with Gasteiger partial charge < -0.3 is 9.80 Å². The molecule has 196 valence electrons. The van der Waals surface area contributed by atoms with Gasteiger partial charge in [-0.05, 0) is 19.3 Å². The Hall–Kier alpha value is -0.660. The summed E-state index contributed by atoms with van der Waals surface area (Å²) in [6, 6.07) is 0. The van der Waals surface area contributed by atoms with E-state index in [2.05, 4.69) is 43.1 Å². The molecule has 2 nitrogen and oxygen atoms in total. The lowest BCUT2D eigenvalue weighted by atomic mass is 10.0. The highest BCUT2D eigenvalue weighted by Gasteiger charge is 2.22. The van der Waals surface area contributed by atoms with Crippen LogP contribution in [-0.4, -0.2) is 29.6 Å². The number of nitrogens with zero attached hydrogens (tertiary/aromatic N) is 2. The van der Waals surface area contributed by atoms with Crippen molar-refractivity contribution in [3.8, 4) is 0 Å². The van der Waals surface area contributed by atoms with Gasteiger partial charge in [0, 0.05) is 26.0 Å². The van der Waals surface area contributed by atoms with Crippen LogP contribution in [0.5, 0.6) is 0 Å². The summed E-state index contributed by atoms with van der Waals surface area (Å²) >= 11 is 0. The molecule has 0 aromatic carbocycles. The molecule has 0 fully saturated rings. The number of hydrogen-bond acceptors (Lipinski definition) is 2. The molecule has 1 aliphatic rings. The molecule has 0 aromatic heterocycles. The minimum absolute atomic E-state index is 0.622. The number of unbranched alkanes of at least 4 members (excludes halogenated alkanes) is 21. The second kappa shape index (κ2) is 23.1. The van der Waals surface area contributed by atoms with Gasteiger partial charge in [-0.2, -0.15) is 0 Å². The van der Waals surface area contributed by atoms with Crippen molar-refractivity contribution < 1.29 is 0 Å². The van der Waals surface area contributed by atoms with Gasteiger partial charge in [0.2, 0.25) is 0 Å². The molecule has 0 saturated heterocycles. The van der Waals surface area contributed by atoms with Gasteiger partial charge in [-0.15, -0.1) is 0 Å². The zero-order chi connectivity index (χ0) is 23.8. The van der Waals surface area contributed by atoms with Crippen molar-refractivity contribution in [2.75, 3.05) is 13.6 Å². The fraction of sp³-hybridized carbons (Fsp3) is 0.935. The molecule has 1 atom stereocenters. The molecule has 0 aromatic rings. The molecule has 0 N–H and O–H groups in total. The smallest absolute Gasteiger partial charge is 0.100 e. The van der Waals surface area contributed by atoms with Gasteiger partial charge in [0.25, 0.3) is 0 Å². The first kappa shape index (κ1) is 30.4. The molecule has 1 aliphatic heterocycles. The summed E-state index contributed by atoms with van der Waals surface area (Å²) in [6.45, 7) is 5.85. The van der Waals surface area contributed by atoms with Gasteiger partial charge >= 0.3 is 0 Å². The van der Waals surface area contributed by atoms with Gasteiger partial charge in [0.15, 0.2) is 0 Å². The first-order valence-corrected chi connectivity index (χ1v) is 15.5. The van der Waals surface area contributed by atoms with Crippen LogP contribution in [0.2, 0.25) is 0 Å². The van der Waals surface area contributed by atoms with Crippen molar-refractivity contribution in [3.63, 3.8) is 0 Å². The molecule has 1 rings (SSSR count). The monoisotopic (exact) mass is 462 g/mol. The van der Waals surface area contributed by atoms with E-state index in [1.54, 1.807) is 0 Å². The molecule has 0 spiro atoms. The number of rotatable bonds is 25. The molecule has 1 unspecified atom stereocenters. The maximum atomic E-state index is 2.60. The number of hydrogen-bond donors (Lipinski definition) is 0. The third-order valence-electron chi connectivity index (χ3n) is 7.68. The molecule has 0 radical (unpaired) electrons. The Morgan fingerprint density at radius 3 is 1.24 bits per heavy atom. The molecule has 0 amide bonds. The minimum Gasteiger partial charge on any atom is -0.359 e. The van der Waals surface area contributed by atoms with E-state index in [4.69, 9.17) is 0 Å². The van der Waals surface area contributed by atoms with E-state index in [9.17, 15) is 0 Å². The standard InChI is InChI=1S/C31H62N2/c1-4-6-8-10-12-13-14-15-16-17-18-19-20-21-22-23-25-27-31-32(3)29-30-33(31)28-26-24-11-9-7-5-2/h29-31H,4-28H2,1-3H3. The third-order valence-corrected chi connectivity index (χ3v) is 7.68. The van der Waals surface area contributed by atoms with Crippen LogP contribution in [0.3, 0.4) is 0 Å². The largest absolute Gasteiger partial charge is 0.359 e. The summed E-state index contributed by atoms with van der Waals surface area (Å²) in [5.41, 5.74) is 0. The Bertz CT molecular complexity index is 419. The highest BCUT2D eigenvalue weighted by molar-refractivity contribution is 4.95. The molecular weight excluding hydrogens is 400 g/mol. The zero-order valence-electron chi connectivity index (χ0n) is 23.3. The van der Waals surface area contributed by atoms with Crippen LogP contribution in [0.25, 0.3) is 0 Å². The minimum atomic E-state index is 0.622. The van der Waals surface area contributed by atoms with Crippen LogP contribution < -0.4 is 0 Å². The maximum Gasteiger partial charge on any atom is 0.100 e. The lowest BCUT2D eigenvalue weighted by Crippen LogP contribution is -2.37. The molecule has 0 aliphatic carbocycles. The van der Waals surface area contributed by atoms with Gasteiger partial charge in [0.1, 0.15) is 6.17 Å². The molecule has 33 heavy (non-hydrogen) atoms. The van der Waals surface area contributed by atoms with Gasteiger partial charge in [-0.1, -0.05) is 149 Å². The first-order valence-electron chi connectivity index (χ1n) is 15.5. The Kier molecular flexibility index (Phi) is 21.3. The third kappa shape index (κ3) is 17.4. The van der Waals surface area contributed by atoms with E-state index in [-0.39, 0.29) is 0 Å². The van der Waals surface area contributed by atoms with Gasteiger partial charge in [-0.3, -0.25) is 0 Å². The predicted molar refractivity (Wildman–Crippen MR) is 150 cm³/mol. The van der Waals surface area contributed by atoms with E-state index < -0.39 is 0 Å². The Morgan fingerprint density at radius 2 is 0.818 bits per heavy atom. The average Bonchev–Trinajstić information content (AvgIpc) is 3.17. The first-order chi connectivity index (χ1) is 16.3. The summed E-state index contributed by atoms with van der Waals surface area (Å²) in [5.74, 6) is 0. The second-order valence-corrected chi connectivity index (χ2v) is 10.9. The van der Waals surface area contributed by atoms with E-state index >= 15 is 0 Å². The second-order valence-electron chi connectivity index (χ2n) is 10.9. The van der Waals surface area contributed by atoms with Crippen LogP contribution in [-0.2, 0) is 0 Å². The van der Waals surface area contributed by atoms with Crippen molar-refractivity contribution in [1.29, 1.82) is 0 Å².